The lowest BCUT2D eigenvalue weighted by Gasteiger charge is -2.09. The Morgan fingerprint density at radius 1 is 0.512 bits per heavy atom. The van der Waals surface area contributed by atoms with E-state index < -0.39 is 0 Å². The summed E-state index contributed by atoms with van der Waals surface area (Å²) in [6.45, 7) is 0. The van der Waals surface area contributed by atoms with Gasteiger partial charge >= 0.3 is 0 Å². The van der Waals surface area contributed by atoms with E-state index in [9.17, 15) is 10.5 Å². The maximum atomic E-state index is 9.51. The van der Waals surface area contributed by atoms with Gasteiger partial charge in [0.1, 0.15) is 23.2 Å². The molecule has 4 aromatic carbocycles. The van der Waals surface area contributed by atoms with Gasteiger partial charge in [-0.3, -0.25) is 0 Å². The Kier molecular flexibility index (Phi) is 5.70. The number of aromatic nitrogens is 5. The second kappa shape index (κ2) is 9.81. The normalized spacial score (nSPS) is 10.9. The van der Waals surface area contributed by atoms with Crippen LogP contribution < -0.4 is 0 Å². The van der Waals surface area contributed by atoms with Crippen LogP contribution in [0.2, 0.25) is 0 Å². The average molecular weight is 528 g/mol. The number of benzene rings is 4. The Morgan fingerprint density at radius 2 is 1.10 bits per heavy atom. The average Bonchev–Trinajstić information content (AvgIpc) is 3.43. The van der Waals surface area contributed by atoms with E-state index in [2.05, 4.69) is 9.97 Å². The van der Waals surface area contributed by atoms with Crippen molar-refractivity contribution in [2.24, 2.45) is 0 Å². The molecule has 0 spiro atoms. The molecule has 190 valence electrons. The molecule has 0 unspecified atom stereocenters. The van der Waals surface area contributed by atoms with Crippen molar-refractivity contribution in [1.82, 2.24) is 24.9 Å². The van der Waals surface area contributed by atoms with Gasteiger partial charge in [-0.05, 0) is 29.3 Å². The lowest BCUT2D eigenvalue weighted by molar-refractivity contribution is 0.664. The first kappa shape index (κ1) is 23.8. The molecule has 7 rings (SSSR count). The van der Waals surface area contributed by atoms with Crippen LogP contribution in [0.1, 0.15) is 11.5 Å². The molecule has 0 atom stereocenters. The van der Waals surface area contributed by atoms with Crippen LogP contribution in [0.3, 0.4) is 0 Å². The molecule has 0 amide bonds. The van der Waals surface area contributed by atoms with E-state index in [0.717, 1.165) is 27.8 Å². The number of furan rings is 1. The fraction of sp³-hybridized carbons (Fsp3) is 0. The van der Waals surface area contributed by atoms with Gasteiger partial charge in [0, 0.05) is 22.1 Å². The van der Waals surface area contributed by atoms with Crippen molar-refractivity contribution in [3.63, 3.8) is 0 Å². The van der Waals surface area contributed by atoms with Crippen LogP contribution in [0, 0.1) is 22.7 Å². The zero-order valence-corrected chi connectivity index (χ0v) is 21.4. The van der Waals surface area contributed by atoms with Crippen LogP contribution in [0.5, 0.6) is 0 Å². The molecular weight excluding hydrogens is 510 g/mol. The van der Waals surface area contributed by atoms with E-state index in [0.29, 0.717) is 34.0 Å². The Morgan fingerprint density at radius 3 is 1.73 bits per heavy atom. The highest BCUT2D eigenvalue weighted by molar-refractivity contribution is 6.04. The van der Waals surface area contributed by atoms with Crippen LogP contribution in [0.25, 0.3) is 67.4 Å². The molecule has 8 heteroatoms. The van der Waals surface area contributed by atoms with Crippen molar-refractivity contribution >= 4 is 22.1 Å². The molecule has 0 fully saturated rings. The molecule has 7 aromatic rings. The summed E-state index contributed by atoms with van der Waals surface area (Å²) in [5.74, 6) is 1.67. The molecule has 0 aliphatic heterocycles. The summed E-state index contributed by atoms with van der Waals surface area (Å²) < 4.78 is 5.99. The van der Waals surface area contributed by atoms with E-state index in [-0.39, 0.29) is 17.1 Å². The predicted molar refractivity (Wildman–Crippen MR) is 154 cm³/mol. The molecule has 0 aliphatic carbocycles. The second-order valence-corrected chi connectivity index (χ2v) is 9.23. The molecule has 0 N–H and O–H groups in total. The Hall–Kier alpha value is -6.25. The smallest absolute Gasteiger partial charge is 0.234 e. The monoisotopic (exact) mass is 527 g/mol. The topological polar surface area (TPSA) is 125 Å². The molecule has 41 heavy (non-hydrogen) atoms. The Balaban J connectivity index is 1.35. The van der Waals surface area contributed by atoms with Gasteiger partial charge in [0.25, 0.3) is 0 Å². The minimum Gasteiger partial charge on any atom is -0.451 e. The first-order valence-electron chi connectivity index (χ1n) is 12.7. The standard InChI is InChI=1S/C33H17N7O/c34-18-26-30-29(37-28(19-35)36-26)25-15-14-23(17-27(25)41-30)22-12-7-13-24(16-22)33-39-31(20-8-3-1-4-9-20)38-32(40-33)21-10-5-2-6-11-21/h1-17H. The summed E-state index contributed by atoms with van der Waals surface area (Å²) in [5, 5.41) is 19.5. The van der Waals surface area contributed by atoms with Gasteiger partial charge in [0.2, 0.25) is 5.82 Å². The summed E-state index contributed by atoms with van der Waals surface area (Å²) in [7, 11) is 0. The van der Waals surface area contributed by atoms with Crippen molar-refractivity contribution in [1.29, 1.82) is 10.5 Å². The molecule has 0 saturated heterocycles. The minimum absolute atomic E-state index is 0.0320. The number of hydrogen-bond acceptors (Lipinski definition) is 8. The van der Waals surface area contributed by atoms with Crippen LogP contribution in [-0.2, 0) is 0 Å². The van der Waals surface area contributed by atoms with Crippen molar-refractivity contribution in [2.75, 3.05) is 0 Å². The van der Waals surface area contributed by atoms with Crippen molar-refractivity contribution < 1.29 is 4.42 Å². The molecule has 3 heterocycles. The summed E-state index contributed by atoms with van der Waals surface area (Å²) >= 11 is 0. The summed E-state index contributed by atoms with van der Waals surface area (Å²) in [6, 6.07) is 37.3. The van der Waals surface area contributed by atoms with Gasteiger partial charge in [0.15, 0.2) is 28.8 Å². The zero-order chi connectivity index (χ0) is 27.8. The lowest BCUT2D eigenvalue weighted by atomic mass is 10.0. The Bertz CT molecular complexity index is 2120. The first-order valence-corrected chi connectivity index (χ1v) is 12.7. The van der Waals surface area contributed by atoms with E-state index >= 15 is 0 Å². The fourth-order valence-corrected chi connectivity index (χ4v) is 4.72. The van der Waals surface area contributed by atoms with Crippen LogP contribution in [-0.4, -0.2) is 24.9 Å². The van der Waals surface area contributed by atoms with Gasteiger partial charge in [-0.1, -0.05) is 84.9 Å². The van der Waals surface area contributed by atoms with Crippen LogP contribution >= 0.6 is 0 Å². The highest BCUT2D eigenvalue weighted by atomic mass is 16.3. The molecule has 3 aromatic heterocycles. The second-order valence-electron chi connectivity index (χ2n) is 9.23. The summed E-state index contributed by atoms with van der Waals surface area (Å²) in [4.78, 5) is 22.7. The third kappa shape index (κ3) is 4.32. The largest absolute Gasteiger partial charge is 0.451 e. The molecular formula is C33H17N7O. The molecule has 0 bridgehead atoms. The number of fused-ring (bicyclic) bond motifs is 3. The highest BCUT2D eigenvalue weighted by Gasteiger charge is 2.17. The van der Waals surface area contributed by atoms with Gasteiger partial charge in [0.05, 0.1) is 0 Å². The van der Waals surface area contributed by atoms with Gasteiger partial charge in [-0.2, -0.15) is 10.5 Å². The molecule has 8 nitrogen and oxygen atoms in total. The van der Waals surface area contributed by atoms with Crippen LogP contribution in [0.15, 0.2) is 108 Å². The number of nitriles is 2. The third-order valence-electron chi connectivity index (χ3n) is 6.67. The minimum atomic E-state index is -0.0735. The molecule has 0 saturated carbocycles. The van der Waals surface area contributed by atoms with Crippen molar-refractivity contribution in [3.8, 4) is 57.4 Å². The van der Waals surface area contributed by atoms with Crippen LogP contribution in [0.4, 0.5) is 0 Å². The van der Waals surface area contributed by atoms with Gasteiger partial charge in [-0.15, -0.1) is 0 Å². The maximum absolute atomic E-state index is 9.51. The SMILES string of the molecule is N#Cc1nc(C#N)c2oc3cc(-c4cccc(-c5nc(-c6ccccc6)nc(-c6ccccc6)n5)c4)ccc3c2n1. The fourth-order valence-electron chi connectivity index (χ4n) is 4.72. The summed E-state index contributed by atoms with van der Waals surface area (Å²) in [5.41, 5.74) is 5.74. The molecule has 0 aliphatic rings. The summed E-state index contributed by atoms with van der Waals surface area (Å²) in [6.07, 6.45) is 0. The van der Waals surface area contributed by atoms with Gasteiger partial charge in [-0.25, -0.2) is 24.9 Å². The quantitative estimate of drug-likeness (QED) is 0.240. The molecule has 0 radical (unpaired) electrons. The van der Waals surface area contributed by atoms with E-state index in [1.54, 1.807) is 0 Å². The van der Waals surface area contributed by atoms with Crippen molar-refractivity contribution in [3.05, 3.63) is 115 Å². The first-order chi connectivity index (χ1) is 20.2. The maximum Gasteiger partial charge on any atom is 0.234 e. The zero-order valence-electron chi connectivity index (χ0n) is 21.4. The predicted octanol–water partition coefficient (Wildman–Crippen LogP) is 6.97. The number of rotatable bonds is 4. The highest BCUT2D eigenvalue weighted by Crippen LogP contribution is 2.34. The van der Waals surface area contributed by atoms with Gasteiger partial charge < -0.3 is 4.42 Å². The van der Waals surface area contributed by atoms with E-state index in [1.807, 2.05) is 115 Å². The number of nitrogens with zero attached hydrogens (tertiary/aromatic N) is 7. The Labute approximate surface area is 233 Å². The lowest BCUT2D eigenvalue weighted by Crippen LogP contribution is -2.00. The van der Waals surface area contributed by atoms with E-state index in [1.165, 1.54) is 0 Å². The van der Waals surface area contributed by atoms with E-state index in [4.69, 9.17) is 19.4 Å². The third-order valence-corrected chi connectivity index (χ3v) is 6.67. The number of hydrogen-bond donors (Lipinski definition) is 0. The van der Waals surface area contributed by atoms with Crippen molar-refractivity contribution in [2.45, 2.75) is 0 Å².